The molecule has 1 fully saturated rings. The molecule has 0 saturated carbocycles. The molecule has 1 amide bonds. The number of ether oxygens (including phenoxy) is 3. The minimum Gasteiger partial charge on any atom is -0.490 e. The molecule has 11 heteroatoms. The Hall–Kier alpha value is -3.73. The van der Waals surface area contributed by atoms with Crippen molar-refractivity contribution >= 4 is 28.5 Å². The van der Waals surface area contributed by atoms with Gasteiger partial charge in [0.25, 0.3) is 0 Å². The summed E-state index contributed by atoms with van der Waals surface area (Å²) >= 11 is 1.40. The van der Waals surface area contributed by atoms with Crippen LogP contribution < -0.4 is 9.47 Å². The number of alkyl halides is 3. The number of piperidine rings is 1. The number of hydrogen-bond donors (Lipinski definition) is 0. The van der Waals surface area contributed by atoms with E-state index >= 15 is 0 Å². The van der Waals surface area contributed by atoms with Crippen molar-refractivity contribution in [2.45, 2.75) is 64.5 Å². The predicted molar refractivity (Wildman–Crippen MR) is 151 cm³/mol. The number of nitrogens with zero attached hydrogens (tertiary/aromatic N) is 3. The highest BCUT2D eigenvalue weighted by atomic mass is 32.1. The van der Waals surface area contributed by atoms with Crippen LogP contribution in [0.15, 0.2) is 60.2 Å². The number of aromatic nitrogens is 2. The molecule has 1 aliphatic heterocycles. The van der Waals surface area contributed by atoms with Gasteiger partial charge in [-0.25, -0.2) is 9.78 Å². The third kappa shape index (κ3) is 6.78. The number of carbonyl (C=O) groups excluding carboxylic acids is 1. The number of carbonyl (C=O) groups is 1. The first-order valence-electron chi connectivity index (χ1n) is 13.4. The fourth-order valence-corrected chi connectivity index (χ4v) is 5.59. The van der Waals surface area contributed by atoms with E-state index in [1.807, 2.05) is 43.5 Å². The van der Waals surface area contributed by atoms with Gasteiger partial charge in [0.05, 0.1) is 16.6 Å². The average molecular weight is 588 g/mol. The molecule has 4 aromatic rings. The van der Waals surface area contributed by atoms with Gasteiger partial charge in [-0.2, -0.15) is 13.2 Å². The molecule has 1 atom stereocenters. The number of amides is 1. The van der Waals surface area contributed by atoms with Gasteiger partial charge in [-0.3, -0.25) is 4.57 Å². The first-order valence-corrected chi connectivity index (χ1v) is 14.3. The van der Waals surface area contributed by atoms with E-state index in [2.05, 4.69) is 4.98 Å². The Labute approximate surface area is 240 Å². The van der Waals surface area contributed by atoms with Crippen LogP contribution in [0.2, 0.25) is 0 Å². The molecule has 2 aromatic heterocycles. The Morgan fingerprint density at radius 1 is 1.05 bits per heavy atom. The van der Waals surface area contributed by atoms with Crippen molar-refractivity contribution in [3.63, 3.8) is 0 Å². The van der Waals surface area contributed by atoms with Crippen molar-refractivity contribution < 1.29 is 32.2 Å². The van der Waals surface area contributed by atoms with Gasteiger partial charge >= 0.3 is 12.3 Å². The smallest absolute Gasteiger partial charge is 0.416 e. The maximum atomic E-state index is 13.5. The van der Waals surface area contributed by atoms with Gasteiger partial charge in [0.15, 0.2) is 0 Å². The minimum absolute atomic E-state index is 0.0367. The highest BCUT2D eigenvalue weighted by Crippen LogP contribution is 2.37. The normalized spacial score (nSPS) is 15.6. The lowest BCUT2D eigenvalue weighted by Crippen LogP contribution is -2.44. The van der Waals surface area contributed by atoms with Crippen molar-refractivity contribution in [3.8, 4) is 16.5 Å². The molecule has 3 heterocycles. The molecule has 41 heavy (non-hydrogen) atoms. The summed E-state index contributed by atoms with van der Waals surface area (Å²) in [5.41, 5.74) is 0.457. The molecule has 7 nitrogen and oxygen atoms in total. The summed E-state index contributed by atoms with van der Waals surface area (Å²) in [5.74, 6) is 1.17. The van der Waals surface area contributed by atoms with Crippen LogP contribution in [0.4, 0.5) is 18.0 Å². The molecular weight excluding hydrogens is 555 g/mol. The second-order valence-electron chi connectivity index (χ2n) is 11.0. The van der Waals surface area contributed by atoms with Gasteiger partial charge in [-0.15, -0.1) is 11.3 Å². The molecule has 2 aromatic carbocycles. The largest absolute Gasteiger partial charge is 0.490 e. The first-order chi connectivity index (χ1) is 19.4. The number of imidazole rings is 1. The molecule has 0 unspecified atom stereocenters. The van der Waals surface area contributed by atoms with Crippen LogP contribution in [0.5, 0.6) is 11.5 Å². The summed E-state index contributed by atoms with van der Waals surface area (Å²) in [5, 5.41) is 2.58. The zero-order valence-electron chi connectivity index (χ0n) is 23.3. The van der Waals surface area contributed by atoms with Crippen molar-refractivity contribution in [3.05, 3.63) is 71.4 Å². The quantitative estimate of drug-likeness (QED) is 0.229. The number of benzene rings is 2. The van der Waals surface area contributed by atoms with Gasteiger partial charge < -0.3 is 19.1 Å². The average Bonchev–Trinajstić information content (AvgIpc) is 3.54. The van der Waals surface area contributed by atoms with E-state index in [9.17, 15) is 18.0 Å². The topological polar surface area (TPSA) is 65.8 Å². The molecule has 218 valence electrons. The number of hydrogen-bond acceptors (Lipinski definition) is 6. The molecular formula is C30H32F3N3O4S. The van der Waals surface area contributed by atoms with Crippen molar-refractivity contribution in [2.75, 3.05) is 13.1 Å². The lowest BCUT2D eigenvalue weighted by atomic mass is 10.0. The zero-order valence-corrected chi connectivity index (χ0v) is 24.1. The third-order valence-corrected chi connectivity index (χ3v) is 7.64. The van der Waals surface area contributed by atoms with Crippen LogP contribution in [0, 0.1) is 0 Å². The van der Waals surface area contributed by atoms with E-state index in [0.29, 0.717) is 37.4 Å². The molecule has 0 aliphatic carbocycles. The lowest BCUT2D eigenvalue weighted by molar-refractivity contribution is -0.139. The summed E-state index contributed by atoms with van der Waals surface area (Å²) in [6, 6.07) is 12.9. The zero-order chi connectivity index (χ0) is 29.4. The Morgan fingerprint density at radius 3 is 2.49 bits per heavy atom. The van der Waals surface area contributed by atoms with E-state index in [1.165, 1.54) is 23.5 Å². The highest BCUT2D eigenvalue weighted by molar-refractivity contribution is 7.12. The van der Waals surface area contributed by atoms with Crippen molar-refractivity contribution in [1.82, 2.24) is 14.5 Å². The van der Waals surface area contributed by atoms with Crippen molar-refractivity contribution in [2.24, 2.45) is 0 Å². The Kier molecular flexibility index (Phi) is 7.91. The summed E-state index contributed by atoms with van der Waals surface area (Å²) in [4.78, 5) is 18.6. The maximum absolute atomic E-state index is 13.5. The van der Waals surface area contributed by atoms with Crippen LogP contribution >= 0.6 is 11.3 Å². The van der Waals surface area contributed by atoms with Crippen LogP contribution in [-0.4, -0.2) is 45.3 Å². The number of fused-ring (bicyclic) bond motifs is 1. The summed E-state index contributed by atoms with van der Waals surface area (Å²) in [6.45, 7) is 8.28. The molecule has 0 bridgehead atoms. The standard InChI is InChI=1S/C30H32F3N3O4S/c1-19(23-7-5-6-8-24(23)30(31,32)33)38-22-16-27(41-17-22)36-18-34-25-10-9-21(15-26(25)36)39-20-11-13-35(14-12-20)28(37)40-29(2,3)4/h5-10,15-20H,11-14H2,1-4H3/t19-/m1/s1. The molecule has 0 radical (unpaired) electrons. The number of rotatable bonds is 6. The first kappa shape index (κ1) is 28.8. The van der Waals surface area contributed by atoms with Gasteiger partial charge in [0.2, 0.25) is 0 Å². The molecule has 0 N–H and O–H groups in total. The van der Waals surface area contributed by atoms with E-state index in [1.54, 1.807) is 35.7 Å². The lowest BCUT2D eigenvalue weighted by Gasteiger charge is -2.33. The molecule has 1 aliphatic rings. The van der Waals surface area contributed by atoms with Gasteiger partial charge in [0.1, 0.15) is 40.6 Å². The predicted octanol–water partition coefficient (Wildman–Crippen LogP) is 8.02. The fraction of sp³-hybridized carbons (Fsp3) is 0.400. The summed E-state index contributed by atoms with van der Waals surface area (Å²) < 4.78 is 60.0. The monoisotopic (exact) mass is 587 g/mol. The molecule has 0 spiro atoms. The van der Waals surface area contributed by atoms with E-state index < -0.39 is 23.4 Å². The van der Waals surface area contributed by atoms with Crippen LogP contribution in [0.3, 0.4) is 0 Å². The van der Waals surface area contributed by atoms with Gasteiger partial charge in [0, 0.05) is 49.0 Å². The second kappa shape index (κ2) is 11.3. The van der Waals surface area contributed by atoms with E-state index in [-0.39, 0.29) is 17.8 Å². The highest BCUT2D eigenvalue weighted by Gasteiger charge is 2.34. The minimum atomic E-state index is -4.46. The summed E-state index contributed by atoms with van der Waals surface area (Å²) in [6.07, 6.45) is -2.51. The molecule has 5 rings (SSSR count). The van der Waals surface area contributed by atoms with Crippen LogP contribution in [0.1, 0.15) is 57.8 Å². The number of halogens is 3. The SMILES string of the molecule is C[C@@H](Oc1csc(-n2cnc3ccc(OC4CCN(C(=O)OC(C)(C)C)CC4)cc32)c1)c1ccccc1C(F)(F)F. The van der Waals surface area contributed by atoms with Crippen LogP contribution in [-0.2, 0) is 10.9 Å². The van der Waals surface area contributed by atoms with Gasteiger partial charge in [-0.05, 0) is 45.9 Å². The molecule has 1 saturated heterocycles. The van der Waals surface area contributed by atoms with E-state index in [4.69, 9.17) is 14.2 Å². The van der Waals surface area contributed by atoms with Crippen molar-refractivity contribution in [1.29, 1.82) is 0 Å². The Morgan fingerprint density at radius 2 is 1.78 bits per heavy atom. The number of likely N-dealkylation sites (tertiary alicyclic amines) is 1. The van der Waals surface area contributed by atoms with Crippen LogP contribution in [0.25, 0.3) is 16.0 Å². The van der Waals surface area contributed by atoms with Gasteiger partial charge in [-0.1, -0.05) is 18.2 Å². The second-order valence-corrected chi connectivity index (χ2v) is 11.9. The van der Waals surface area contributed by atoms with E-state index in [0.717, 1.165) is 22.1 Å². The fourth-order valence-electron chi connectivity index (χ4n) is 4.79. The number of thiophene rings is 1. The Balaban J connectivity index is 1.26. The maximum Gasteiger partial charge on any atom is 0.416 e. The summed E-state index contributed by atoms with van der Waals surface area (Å²) in [7, 11) is 0. The Bertz CT molecular complexity index is 1520. The third-order valence-electron chi connectivity index (χ3n) is 6.73.